The summed E-state index contributed by atoms with van der Waals surface area (Å²) >= 11 is 0. The van der Waals surface area contributed by atoms with E-state index in [1.165, 1.54) is 0 Å². The highest BCUT2D eigenvalue weighted by atomic mass is 16.5. The molecule has 1 aliphatic heterocycles. The van der Waals surface area contributed by atoms with Crippen molar-refractivity contribution in [3.63, 3.8) is 0 Å². The number of rotatable bonds is 5. The summed E-state index contributed by atoms with van der Waals surface area (Å²) in [5, 5.41) is 13.2. The maximum absolute atomic E-state index is 10.9. The average molecular weight is 267 g/mol. The van der Waals surface area contributed by atoms with E-state index in [0.717, 1.165) is 18.7 Å². The molecule has 1 atom stereocenters. The Morgan fingerprint density at radius 1 is 1.63 bits per heavy atom. The lowest BCUT2D eigenvalue weighted by Gasteiger charge is -2.34. The summed E-state index contributed by atoms with van der Waals surface area (Å²) in [6.45, 7) is 6.81. The zero-order valence-electron chi connectivity index (χ0n) is 11.5. The highest BCUT2D eigenvalue weighted by Crippen LogP contribution is 2.15. The number of aliphatic carboxylic acids is 1. The lowest BCUT2D eigenvalue weighted by Crippen LogP contribution is -2.45. The van der Waals surface area contributed by atoms with Crippen LogP contribution in [0.15, 0.2) is 12.4 Å². The highest BCUT2D eigenvalue weighted by molar-refractivity contribution is 5.67. The van der Waals surface area contributed by atoms with Gasteiger partial charge in [-0.05, 0) is 13.8 Å². The molecule has 1 aromatic heterocycles. The van der Waals surface area contributed by atoms with Crippen molar-refractivity contribution in [3.05, 3.63) is 18.0 Å². The van der Waals surface area contributed by atoms with Gasteiger partial charge >= 0.3 is 5.97 Å². The maximum atomic E-state index is 10.9. The first-order valence-corrected chi connectivity index (χ1v) is 6.63. The molecule has 1 aromatic rings. The van der Waals surface area contributed by atoms with Gasteiger partial charge in [0.1, 0.15) is 0 Å². The maximum Gasteiger partial charge on any atom is 0.305 e. The van der Waals surface area contributed by atoms with E-state index < -0.39 is 5.97 Å². The van der Waals surface area contributed by atoms with Gasteiger partial charge in [-0.1, -0.05) is 0 Å². The smallest absolute Gasteiger partial charge is 0.305 e. The molecule has 1 unspecified atom stereocenters. The molecule has 0 bridgehead atoms. The lowest BCUT2D eigenvalue weighted by molar-refractivity contribution is -0.140. The van der Waals surface area contributed by atoms with Gasteiger partial charge in [0, 0.05) is 36.9 Å². The van der Waals surface area contributed by atoms with E-state index in [-0.39, 0.29) is 12.5 Å². The molecule has 106 valence electrons. The van der Waals surface area contributed by atoms with Gasteiger partial charge in [-0.3, -0.25) is 14.4 Å². The molecule has 0 saturated carbocycles. The molecular weight excluding hydrogens is 246 g/mol. The Hall–Kier alpha value is -1.40. The van der Waals surface area contributed by atoms with Crippen LogP contribution in [0.1, 0.15) is 31.9 Å². The first kappa shape index (κ1) is 14.0. The van der Waals surface area contributed by atoms with E-state index in [4.69, 9.17) is 9.84 Å². The molecule has 1 fully saturated rings. The minimum absolute atomic E-state index is 0.0475. The summed E-state index contributed by atoms with van der Waals surface area (Å²) in [4.78, 5) is 13.0. The predicted octanol–water partition coefficient (Wildman–Crippen LogP) is 1.14. The Bertz CT molecular complexity index is 431. The van der Waals surface area contributed by atoms with E-state index in [0.29, 0.717) is 19.3 Å². The Labute approximate surface area is 113 Å². The molecule has 1 saturated heterocycles. The van der Waals surface area contributed by atoms with Crippen LogP contribution in [0, 0.1) is 0 Å². The van der Waals surface area contributed by atoms with Gasteiger partial charge in [-0.25, -0.2) is 0 Å². The topological polar surface area (TPSA) is 67.6 Å². The number of carboxylic acids is 1. The largest absolute Gasteiger partial charge is 0.481 e. The number of hydrogen-bond acceptors (Lipinski definition) is 4. The summed E-state index contributed by atoms with van der Waals surface area (Å²) in [5.41, 5.74) is 1.12. The number of carbonyl (C=O) groups is 1. The molecular formula is C13H21N3O3. The van der Waals surface area contributed by atoms with E-state index >= 15 is 0 Å². The zero-order valence-corrected chi connectivity index (χ0v) is 11.5. The normalized spacial score (nSPS) is 20.9. The highest BCUT2D eigenvalue weighted by Gasteiger charge is 2.25. The Balaban J connectivity index is 1.99. The van der Waals surface area contributed by atoms with Crippen LogP contribution >= 0.6 is 0 Å². The fourth-order valence-electron chi connectivity index (χ4n) is 2.26. The summed E-state index contributed by atoms with van der Waals surface area (Å²) in [6.07, 6.45) is 4.00. The summed E-state index contributed by atoms with van der Waals surface area (Å²) in [7, 11) is 0. The van der Waals surface area contributed by atoms with Crippen LogP contribution in [0.5, 0.6) is 0 Å². The van der Waals surface area contributed by atoms with E-state index in [1.54, 1.807) is 0 Å². The molecule has 2 rings (SSSR count). The molecule has 6 nitrogen and oxygen atoms in total. The molecule has 0 spiro atoms. The molecule has 0 radical (unpaired) electrons. The van der Waals surface area contributed by atoms with Gasteiger partial charge in [0.25, 0.3) is 0 Å². The first-order valence-electron chi connectivity index (χ1n) is 6.63. The van der Waals surface area contributed by atoms with Gasteiger partial charge in [0.05, 0.1) is 25.8 Å². The second kappa shape index (κ2) is 6.16. The van der Waals surface area contributed by atoms with Crippen LogP contribution in [0.2, 0.25) is 0 Å². The van der Waals surface area contributed by atoms with Crippen molar-refractivity contribution in [2.24, 2.45) is 0 Å². The number of ether oxygens (including phenoxy) is 1. The second-order valence-electron chi connectivity index (χ2n) is 5.22. The van der Waals surface area contributed by atoms with E-state index in [1.807, 2.05) is 17.1 Å². The Morgan fingerprint density at radius 3 is 3.05 bits per heavy atom. The number of hydrogen-bond donors (Lipinski definition) is 1. The van der Waals surface area contributed by atoms with E-state index in [2.05, 4.69) is 23.8 Å². The van der Waals surface area contributed by atoms with Gasteiger partial charge in [-0.2, -0.15) is 5.10 Å². The zero-order chi connectivity index (χ0) is 13.8. The minimum Gasteiger partial charge on any atom is -0.481 e. The molecule has 1 aliphatic rings. The Morgan fingerprint density at radius 2 is 2.42 bits per heavy atom. The fraction of sp³-hybridized carbons (Fsp3) is 0.692. The van der Waals surface area contributed by atoms with Crippen LogP contribution in [0.25, 0.3) is 0 Å². The molecule has 19 heavy (non-hydrogen) atoms. The van der Waals surface area contributed by atoms with Crippen molar-refractivity contribution < 1.29 is 14.6 Å². The fourth-order valence-corrected chi connectivity index (χ4v) is 2.26. The first-order chi connectivity index (χ1) is 9.06. The molecule has 0 aromatic carbocycles. The van der Waals surface area contributed by atoms with Crippen LogP contribution in [0.3, 0.4) is 0 Å². The third-order valence-electron chi connectivity index (χ3n) is 3.33. The quantitative estimate of drug-likeness (QED) is 0.866. The van der Waals surface area contributed by atoms with Gasteiger partial charge in [0.2, 0.25) is 0 Å². The van der Waals surface area contributed by atoms with Crippen LogP contribution in [-0.4, -0.2) is 51.6 Å². The van der Waals surface area contributed by atoms with Crippen LogP contribution in [-0.2, 0) is 16.1 Å². The van der Waals surface area contributed by atoms with Crippen LogP contribution in [0.4, 0.5) is 0 Å². The number of carboxylic acid groups (broad SMARTS) is 1. The third kappa shape index (κ3) is 3.78. The van der Waals surface area contributed by atoms with Crippen molar-refractivity contribution in [3.8, 4) is 0 Å². The van der Waals surface area contributed by atoms with Crippen molar-refractivity contribution in [1.82, 2.24) is 14.7 Å². The number of morpholine rings is 1. The summed E-state index contributed by atoms with van der Waals surface area (Å²) < 4.78 is 7.29. The van der Waals surface area contributed by atoms with Crippen molar-refractivity contribution in [2.75, 3.05) is 19.8 Å². The summed E-state index contributed by atoms with van der Waals surface area (Å²) in [6, 6.07) is 0.293. The standard InChI is InChI=1S/C13H21N3O3/c1-10(2)16-8-11(6-14-16)7-15-3-4-19-9-12(15)5-13(17)18/h6,8,10,12H,3-5,7,9H2,1-2H3,(H,17,18). The van der Waals surface area contributed by atoms with Crippen molar-refractivity contribution in [1.29, 1.82) is 0 Å². The van der Waals surface area contributed by atoms with E-state index in [9.17, 15) is 4.79 Å². The number of aromatic nitrogens is 2. The molecule has 6 heteroatoms. The molecule has 1 N–H and O–H groups in total. The average Bonchev–Trinajstić information content (AvgIpc) is 2.80. The van der Waals surface area contributed by atoms with Gasteiger partial charge in [-0.15, -0.1) is 0 Å². The van der Waals surface area contributed by atoms with Crippen LogP contribution < -0.4 is 0 Å². The van der Waals surface area contributed by atoms with Gasteiger partial charge < -0.3 is 9.84 Å². The molecule has 0 amide bonds. The predicted molar refractivity (Wildman–Crippen MR) is 69.9 cm³/mol. The monoisotopic (exact) mass is 267 g/mol. The SMILES string of the molecule is CC(C)n1cc(CN2CCOCC2CC(=O)O)cn1. The third-order valence-corrected chi connectivity index (χ3v) is 3.33. The van der Waals surface area contributed by atoms with Crippen molar-refractivity contribution >= 4 is 5.97 Å². The lowest BCUT2D eigenvalue weighted by atomic mass is 10.1. The molecule has 0 aliphatic carbocycles. The number of nitrogens with zero attached hydrogens (tertiary/aromatic N) is 3. The minimum atomic E-state index is -0.779. The second-order valence-corrected chi connectivity index (χ2v) is 5.22. The summed E-state index contributed by atoms with van der Waals surface area (Å²) in [5.74, 6) is -0.779. The molecule has 2 heterocycles. The Kier molecular flexibility index (Phi) is 4.55. The van der Waals surface area contributed by atoms with Gasteiger partial charge in [0.15, 0.2) is 0 Å². The van der Waals surface area contributed by atoms with Crippen molar-refractivity contribution in [2.45, 2.75) is 38.9 Å².